The molecule has 0 radical (unpaired) electrons. The van der Waals surface area contributed by atoms with E-state index in [1.54, 1.807) is 18.2 Å². The van der Waals surface area contributed by atoms with Gasteiger partial charge in [-0.2, -0.15) is 5.26 Å². The number of hydrogen-bond donors (Lipinski definition) is 0. The highest BCUT2D eigenvalue weighted by Crippen LogP contribution is 2.27. The lowest BCUT2D eigenvalue weighted by Gasteiger charge is -2.10. The van der Waals surface area contributed by atoms with Crippen LogP contribution in [0.2, 0.25) is 5.02 Å². The number of rotatable bonds is 2. The topological polar surface area (TPSA) is 41.6 Å². The van der Waals surface area contributed by atoms with Gasteiger partial charge >= 0.3 is 0 Å². The van der Waals surface area contributed by atoms with Crippen molar-refractivity contribution in [3.63, 3.8) is 0 Å². The van der Waals surface area contributed by atoms with Crippen LogP contribution in [0.25, 0.3) is 16.7 Å². The maximum absolute atomic E-state index is 9.34. The molecule has 0 atom stereocenters. The second kappa shape index (κ2) is 5.40. The van der Waals surface area contributed by atoms with E-state index < -0.39 is 0 Å². The number of alkyl halides is 1. The van der Waals surface area contributed by atoms with E-state index in [1.807, 2.05) is 29.7 Å². The van der Waals surface area contributed by atoms with E-state index in [1.165, 1.54) is 0 Å². The molecule has 0 unspecified atom stereocenters. The summed E-state index contributed by atoms with van der Waals surface area (Å²) < 4.78 is 1.90. The zero-order chi connectivity index (χ0) is 15.0. The summed E-state index contributed by atoms with van der Waals surface area (Å²) in [6.45, 7) is 2.01. The number of nitriles is 1. The Bertz CT molecular complexity index is 875. The van der Waals surface area contributed by atoms with Gasteiger partial charge in [-0.25, -0.2) is 4.98 Å². The van der Waals surface area contributed by atoms with E-state index in [2.05, 4.69) is 11.1 Å². The van der Waals surface area contributed by atoms with Crippen LogP contribution in [0.5, 0.6) is 0 Å². The fraction of sp³-hybridized carbons (Fsp3) is 0.125. The third-order valence-corrected chi connectivity index (χ3v) is 3.79. The van der Waals surface area contributed by atoms with Crippen molar-refractivity contribution in [1.29, 1.82) is 5.26 Å². The van der Waals surface area contributed by atoms with Gasteiger partial charge in [-0.3, -0.25) is 4.57 Å². The molecule has 0 aliphatic heterocycles. The minimum Gasteiger partial charge on any atom is -0.294 e. The summed E-state index contributed by atoms with van der Waals surface area (Å²) >= 11 is 12.1. The molecule has 1 aromatic heterocycles. The fourth-order valence-corrected chi connectivity index (χ4v) is 2.72. The van der Waals surface area contributed by atoms with Gasteiger partial charge < -0.3 is 0 Å². The Labute approximate surface area is 132 Å². The van der Waals surface area contributed by atoms with E-state index in [4.69, 9.17) is 23.2 Å². The third kappa shape index (κ3) is 2.37. The first-order valence-electron chi connectivity index (χ1n) is 6.38. The van der Waals surface area contributed by atoms with Crippen molar-refractivity contribution >= 4 is 34.2 Å². The van der Waals surface area contributed by atoms with Gasteiger partial charge in [-0.05, 0) is 42.8 Å². The Morgan fingerprint density at radius 2 is 2.05 bits per heavy atom. The summed E-state index contributed by atoms with van der Waals surface area (Å²) in [5.74, 6) is 0.946. The smallest absolute Gasteiger partial charge is 0.129 e. The Kier molecular flexibility index (Phi) is 3.59. The van der Waals surface area contributed by atoms with Gasteiger partial charge in [0.1, 0.15) is 11.9 Å². The van der Waals surface area contributed by atoms with Crippen LogP contribution in [0, 0.1) is 18.3 Å². The Balaban J connectivity index is 2.41. The van der Waals surface area contributed by atoms with Gasteiger partial charge in [-0.1, -0.05) is 17.7 Å². The number of aryl methyl sites for hydroxylation is 1. The van der Waals surface area contributed by atoms with Gasteiger partial charge in [0.05, 0.1) is 28.2 Å². The molecule has 21 heavy (non-hydrogen) atoms. The van der Waals surface area contributed by atoms with Gasteiger partial charge in [0.2, 0.25) is 0 Å². The molecule has 0 saturated heterocycles. The SMILES string of the molecule is Cc1ccc2nc(CCl)n(-c3cc(Cl)ccc3C#N)c2c1. The second-order valence-corrected chi connectivity index (χ2v) is 5.47. The molecule has 0 aliphatic rings. The Morgan fingerprint density at radius 1 is 1.24 bits per heavy atom. The molecular formula is C16H11Cl2N3. The normalized spacial score (nSPS) is 10.8. The summed E-state index contributed by atoms with van der Waals surface area (Å²) in [7, 11) is 0. The Morgan fingerprint density at radius 3 is 2.76 bits per heavy atom. The van der Waals surface area contributed by atoms with E-state index in [-0.39, 0.29) is 5.88 Å². The van der Waals surface area contributed by atoms with Crippen molar-refractivity contribution in [1.82, 2.24) is 9.55 Å². The van der Waals surface area contributed by atoms with Crippen LogP contribution >= 0.6 is 23.2 Å². The second-order valence-electron chi connectivity index (χ2n) is 4.76. The van der Waals surface area contributed by atoms with Gasteiger partial charge in [0.25, 0.3) is 0 Å². The van der Waals surface area contributed by atoms with Crippen LogP contribution in [0.15, 0.2) is 36.4 Å². The lowest BCUT2D eigenvalue weighted by atomic mass is 10.1. The summed E-state index contributed by atoms with van der Waals surface area (Å²) in [6, 6.07) is 13.3. The molecule has 2 aromatic carbocycles. The van der Waals surface area contributed by atoms with Crippen molar-refractivity contribution in [2.75, 3.05) is 0 Å². The molecule has 3 aromatic rings. The fourth-order valence-electron chi connectivity index (χ4n) is 2.38. The lowest BCUT2D eigenvalue weighted by Crippen LogP contribution is -2.02. The van der Waals surface area contributed by atoms with E-state index in [0.717, 1.165) is 16.6 Å². The predicted molar refractivity (Wildman–Crippen MR) is 85.1 cm³/mol. The molecule has 0 bridgehead atoms. The molecule has 104 valence electrons. The molecule has 3 nitrogen and oxygen atoms in total. The number of halogens is 2. The van der Waals surface area contributed by atoms with E-state index >= 15 is 0 Å². The zero-order valence-corrected chi connectivity index (χ0v) is 12.8. The molecular weight excluding hydrogens is 305 g/mol. The van der Waals surface area contributed by atoms with E-state index in [0.29, 0.717) is 22.1 Å². The number of nitrogens with zero attached hydrogens (tertiary/aromatic N) is 3. The minimum atomic E-state index is 0.255. The van der Waals surface area contributed by atoms with Crippen LogP contribution in [0.3, 0.4) is 0 Å². The summed E-state index contributed by atoms with van der Waals surface area (Å²) in [5, 5.41) is 9.91. The maximum Gasteiger partial charge on any atom is 0.129 e. The van der Waals surface area contributed by atoms with E-state index in [9.17, 15) is 5.26 Å². The molecule has 5 heteroatoms. The van der Waals surface area contributed by atoms with Crippen molar-refractivity contribution in [3.05, 3.63) is 58.4 Å². The average Bonchev–Trinajstić information content (AvgIpc) is 2.84. The predicted octanol–water partition coefficient (Wildman–Crippen LogP) is 4.60. The standard InChI is InChI=1S/C16H11Cl2N3/c1-10-2-5-13-15(6-10)21(16(8-17)20-13)14-7-12(18)4-3-11(14)9-19/h2-7H,8H2,1H3. The molecule has 0 fully saturated rings. The number of fused-ring (bicyclic) bond motifs is 1. The van der Waals surface area contributed by atoms with Crippen molar-refractivity contribution < 1.29 is 0 Å². The zero-order valence-electron chi connectivity index (χ0n) is 11.3. The average molecular weight is 316 g/mol. The third-order valence-electron chi connectivity index (χ3n) is 3.32. The highest BCUT2D eigenvalue weighted by atomic mass is 35.5. The Hall–Kier alpha value is -2.02. The number of aromatic nitrogens is 2. The highest BCUT2D eigenvalue weighted by molar-refractivity contribution is 6.30. The molecule has 1 heterocycles. The highest BCUT2D eigenvalue weighted by Gasteiger charge is 2.15. The number of hydrogen-bond acceptors (Lipinski definition) is 2. The molecule has 0 amide bonds. The minimum absolute atomic E-state index is 0.255. The van der Waals surface area contributed by atoms with Crippen molar-refractivity contribution in [3.8, 4) is 11.8 Å². The summed E-state index contributed by atoms with van der Waals surface area (Å²) in [4.78, 5) is 4.53. The van der Waals surface area contributed by atoms with Gasteiger partial charge in [0, 0.05) is 5.02 Å². The van der Waals surface area contributed by atoms with Gasteiger partial charge in [0.15, 0.2) is 0 Å². The van der Waals surface area contributed by atoms with Crippen LogP contribution in [-0.4, -0.2) is 9.55 Å². The maximum atomic E-state index is 9.34. The quantitative estimate of drug-likeness (QED) is 0.648. The molecule has 0 saturated carbocycles. The van der Waals surface area contributed by atoms with Crippen LogP contribution in [-0.2, 0) is 5.88 Å². The van der Waals surface area contributed by atoms with Crippen LogP contribution < -0.4 is 0 Å². The first kappa shape index (κ1) is 13.9. The molecule has 0 N–H and O–H groups in total. The molecule has 0 spiro atoms. The largest absolute Gasteiger partial charge is 0.294 e. The van der Waals surface area contributed by atoms with Crippen LogP contribution in [0.4, 0.5) is 0 Å². The number of imidazole rings is 1. The monoisotopic (exact) mass is 315 g/mol. The lowest BCUT2D eigenvalue weighted by molar-refractivity contribution is 0.978. The summed E-state index contributed by atoms with van der Waals surface area (Å²) in [5.41, 5.74) is 4.12. The molecule has 3 rings (SSSR count). The first-order valence-corrected chi connectivity index (χ1v) is 7.29. The van der Waals surface area contributed by atoms with Crippen LogP contribution in [0.1, 0.15) is 17.0 Å². The molecule has 0 aliphatic carbocycles. The van der Waals surface area contributed by atoms with Crippen molar-refractivity contribution in [2.24, 2.45) is 0 Å². The van der Waals surface area contributed by atoms with Crippen molar-refractivity contribution in [2.45, 2.75) is 12.8 Å². The number of benzene rings is 2. The van der Waals surface area contributed by atoms with Gasteiger partial charge in [-0.15, -0.1) is 11.6 Å². The summed E-state index contributed by atoms with van der Waals surface area (Å²) in [6.07, 6.45) is 0. The first-order chi connectivity index (χ1) is 10.1.